The van der Waals surface area contributed by atoms with Crippen molar-refractivity contribution in [1.82, 2.24) is 5.32 Å². The second-order valence-electron chi connectivity index (χ2n) is 5.27. The van der Waals surface area contributed by atoms with Crippen molar-refractivity contribution in [2.45, 2.75) is 29.0 Å². The maximum absolute atomic E-state index is 13.9. The largest absolute Gasteiger partial charge is 0.352 e. The predicted octanol–water partition coefficient (Wildman–Crippen LogP) is 4.08. The number of thioether (sulfide) groups is 1. The van der Waals surface area contributed by atoms with Crippen LogP contribution in [0.2, 0.25) is 0 Å². The van der Waals surface area contributed by atoms with Crippen LogP contribution in [0.1, 0.15) is 23.7 Å². The Balaban J connectivity index is 1.85. The Morgan fingerprint density at radius 2 is 1.86 bits per heavy atom. The molecule has 5 heteroatoms. The number of hydrogen-bond acceptors (Lipinski definition) is 2. The van der Waals surface area contributed by atoms with E-state index < -0.39 is 16.9 Å². The van der Waals surface area contributed by atoms with Crippen molar-refractivity contribution in [3.63, 3.8) is 0 Å². The summed E-state index contributed by atoms with van der Waals surface area (Å²) in [6.45, 7) is 0. The molecule has 0 aromatic heterocycles. The highest BCUT2D eigenvalue weighted by atomic mass is 32.2. The summed E-state index contributed by atoms with van der Waals surface area (Å²) in [4.78, 5) is 12.7. The highest BCUT2D eigenvalue weighted by Gasteiger charge is 2.29. The number of halogens is 2. The Kier molecular flexibility index (Phi) is 4.43. The smallest absolute Gasteiger partial charge is 0.238 e. The standard InChI is InChI=1S/C17H15F2NOS/c18-12-6-9-15(14(19)10-12)22-16(11-4-2-1-3-5-11)17(21)20-13-7-8-13/h1-6,9-10,13,16H,7-8H2,(H,20,21)/t16-/m0/s1. The molecule has 0 heterocycles. The molecule has 2 aromatic carbocycles. The molecule has 0 unspecified atom stereocenters. The summed E-state index contributed by atoms with van der Waals surface area (Å²) in [5, 5.41) is 2.39. The molecular formula is C17H15F2NOS. The van der Waals surface area contributed by atoms with Crippen molar-refractivity contribution in [3.05, 3.63) is 65.7 Å². The van der Waals surface area contributed by atoms with Crippen molar-refractivity contribution in [2.75, 3.05) is 0 Å². The van der Waals surface area contributed by atoms with Crippen molar-refractivity contribution >= 4 is 17.7 Å². The zero-order chi connectivity index (χ0) is 15.5. The molecule has 1 saturated carbocycles. The van der Waals surface area contributed by atoms with E-state index in [9.17, 15) is 13.6 Å². The summed E-state index contributed by atoms with van der Waals surface area (Å²) >= 11 is 1.10. The molecule has 3 rings (SSSR count). The predicted molar refractivity (Wildman–Crippen MR) is 82.6 cm³/mol. The van der Waals surface area contributed by atoms with Crippen LogP contribution in [0.5, 0.6) is 0 Å². The summed E-state index contributed by atoms with van der Waals surface area (Å²) in [6, 6.07) is 12.9. The molecule has 0 radical (unpaired) electrons. The van der Waals surface area contributed by atoms with Crippen LogP contribution >= 0.6 is 11.8 Å². The SMILES string of the molecule is O=C(NC1CC1)[C@@H](Sc1ccc(F)cc1F)c1ccccc1. The number of benzene rings is 2. The fourth-order valence-electron chi connectivity index (χ4n) is 2.10. The average molecular weight is 319 g/mol. The minimum atomic E-state index is -0.648. The normalized spacial score (nSPS) is 15.4. The summed E-state index contributed by atoms with van der Waals surface area (Å²) in [6.07, 6.45) is 1.98. The highest BCUT2D eigenvalue weighted by Crippen LogP contribution is 2.37. The van der Waals surface area contributed by atoms with Gasteiger partial charge in [-0.2, -0.15) is 0 Å². The topological polar surface area (TPSA) is 29.1 Å². The van der Waals surface area contributed by atoms with E-state index in [0.717, 1.165) is 36.2 Å². The summed E-state index contributed by atoms with van der Waals surface area (Å²) < 4.78 is 26.9. The molecule has 0 bridgehead atoms. The van der Waals surface area contributed by atoms with Gasteiger partial charge in [0.15, 0.2) is 0 Å². The van der Waals surface area contributed by atoms with E-state index in [4.69, 9.17) is 0 Å². The van der Waals surface area contributed by atoms with E-state index in [2.05, 4.69) is 5.32 Å². The molecule has 1 aliphatic rings. The lowest BCUT2D eigenvalue weighted by atomic mass is 10.1. The van der Waals surface area contributed by atoms with E-state index in [1.54, 1.807) is 0 Å². The molecule has 0 spiro atoms. The first kappa shape index (κ1) is 15.0. The number of hydrogen-bond donors (Lipinski definition) is 1. The molecule has 1 atom stereocenters. The summed E-state index contributed by atoms with van der Waals surface area (Å²) in [5.41, 5.74) is 0.800. The Hall–Kier alpha value is -1.88. The maximum atomic E-state index is 13.9. The summed E-state index contributed by atoms with van der Waals surface area (Å²) in [5.74, 6) is -1.41. The lowest BCUT2D eigenvalue weighted by Crippen LogP contribution is -2.29. The Morgan fingerprint density at radius 3 is 2.50 bits per heavy atom. The third kappa shape index (κ3) is 3.65. The van der Waals surface area contributed by atoms with Gasteiger partial charge in [-0.15, -0.1) is 11.8 Å². The molecule has 1 aliphatic carbocycles. The van der Waals surface area contributed by atoms with Gasteiger partial charge >= 0.3 is 0 Å². The fraction of sp³-hybridized carbons (Fsp3) is 0.235. The van der Waals surface area contributed by atoms with Crippen LogP contribution in [-0.4, -0.2) is 11.9 Å². The quantitative estimate of drug-likeness (QED) is 0.842. The zero-order valence-corrected chi connectivity index (χ0v) is 12.6. The molecule has 1 fully saturated rings. The van der Waals surface area contributed by atoms with Crippen LogP contribution in [0.25, 0.3) is 0 Å². The molecule has 0 saturated heterocycles. The Morgan fingerprint density at radius 1 is 1.14 bits per heavy atom. The minimum absolute atomic E-state index is 0.137. The second-order valence-corrected chi connectivity index (χ2v) is 6.41. The lowest BCUT2D eigenvalue weighted by Gasteiger charge is -2.17. The van der Waals surface area contributed by atoms with E-state index in [1.165, 1.54) is 12.1 Å². The maximum Gasteiger partial charge on any atom is 0.238 e. The number of rotatable bonds is 5. The van der Waals surface area contributed by atoms with E-state index in [0.29, 0.717) is 0 Å². The molecule has 1 amide bonds. The third-order valence-corrected chi connectivity index (χ3v) is 4.71. The monoisotopic (exact) mass is 319 g/mol. The van der Waals surface area contributed by atoms with Gasteiger partial charge < -0.3 is 5.32 Å². The molecule has 1 N–H and O–H groups in total. The number of carbonyl (C=O) groups is 1. The first-order chi connectivity index (χ1) is 10.6. The minimum Gasteiger partial charge on any atom is -0.352 e. The van der Waals surface area contributed by atoms with Crippen molar-refractivity contribution in [2.24, 2.45) is 0 Å². The fourth-order valence-corrected chi connectivity index (χ4v) is 3.14. The van der Waals surface area contributed by atoms with E-state index in [-0.39, 0.29) is 16.8 Å². The van der Waals surface area contributed by atoms with Crippen LogP contribution < -0.4 is 5.32 Å². The number of carbonyl (C=O) groups excluding carboxylic acids is 1. The zero-order valence-electron chi connectivity index (χ0n) is 11.8. The molecule has 0 aliphatic heterocycles. The van der Waals surface area contributed by atoms with Gasteiger partial charge in [-0.1, -0.05) is 30.3 Å². The summed E-state index contributed by atoms with van der Waals surface area (Å²) in [7, 11) is 0. The van der Waals surface area contributed by atoms with Gasteiger partial charge in [0.25, 0.3) is 0 Å². The van der Waals surface area contributed by atoms with E-state index >= 15 is 0 Å². The van der Waals surface area contributed by atoms with Gasteiger partial charge in [-0.3, -0.25) is 4.79 Å². The molecule has 114 valence electrons. The van der Waals surface area contributed by atoms with Crippen LogP contribution in [0.4, 0.5) is 8.78 Å². The van der Waals surface area contributed by atoms with E-state index in [1.807, 2.05) is 30.3 Å². The van der Waals surface area contributed by atoms with Gasteiger partial charge in [0.05, 0.1) is 0 Å². The Labute approximate surface area is 131 Å². The van der Waals surface area contributed by atoms with Gasteiger partial charge in [-0.05, 0) is 30.5 Å². The first-order valence-electron chi connectivity index (χ1n) is 7.10. The van der Waals surface area contributed by atoms with Crippen LogP contribution in [0.15, 0.2) is 53.4 Å². The molecule has 2 aromatic rings. The number of nitrogens with one attached hydrogen (secondary N) is 1. The van der Waals surface area contributed by atoms with Crippen molar-refractivity contribution in [3.8, 4) is 0 Å². The average Bonchev–Trinajstić information content (AvgIpc) is 3.31. The van der Waals surface area contributed by atoms with Crippen molar-refractivity contribution in [1.29, 1.82) is 0 Å². The first-order valence-corrected chi connectivity index (χ1v) is 7.98. The number of amides is 1. The van der Waals surface area contributed by atoms with Gasteiger partial charge in [0.2, 0.25) is 5.91 Å². The molecule has 2 nitrogen and oxygen atoms in total. The highest BCUT2D eigenvalue weighted by molar-refractivity contribution is 8.00. The molecular weight excluding hydrogens is 304 g/mol. The van der Waals surface area contributed by atoms with Crippen LogP contribution in [0.3, 0.4) is 0 Å². The third-order valence-electron chi connectivity index (χ3n) is 3.40. The van der Waals surface area contributed by atoms with Gasteiger partial charge in [0, 0.05) is 17.0 Å². The lowest BCUT2D eigenvalue weighted by molar-refractivity contribution is -0.120. The van der Waals surface area contributed by atoms with Crippen molar-refractivity contribution < 1.29 is 13.6 Å². The second kappa shape index (κ2) is 6.48. The Bertz CT molecular complexity index is 674. The van der Waals surface area contributed by atoms with Gasteiger partial charge in [-0.25, -0.2) is 8.78 Å². The van der Waals surface area contributed by atoms with Crippen LogP contribution in [0, 0.1) is 11.6 Å². The molecule has 22 heavy (non-hydrogen) atoms. The van der Waals surface area contributed by atoms with Crippen LogP contribution in [-0.2, 0) is 4.79 Å². The van der Waals surface area contributed by atoms with Gasteiger partial charge in [0.1, 0.15) is 16.9 Å².